The van der Waals surface area contributed by atoms with Crippen LogP contribution in [0.15, 0.2) is 25.6 Å². The van der Waals surface area contributed by atoms with E-state index in [0.717, 1.165) is 13.4 Å². The van der Waals surface area contributed by atoms with Crippen LogP contribution < -0.4 is 10.6 Å². The molecule has 1 aromatic rings. The molecule has 2 amide bonds. The molecule has 0 heterocycles. The van der Waals surface area contributed by atoms with Crippen molar-refractivity contribution < 1.29 is 19.4 Å². The van der Waals surface area contributed by atoms with E-state index in [2.05, 4.69) is 58.4 Å². The van der Waals surface area contributed by atoms with E-state index >= 15 is 0 Å². The molecule has 9 heteroatoms. The van der Waals surface area contributed by atoms with Crippen LogP contribution >= 0.6 is 47.8 Å². The maximum Gasteiger partial charge on any atom is 0.329 e. The van der Waals surface area contributed by atoms with Crippen LogP contribution in [0.1, 0.15) is 0 Å². The summed E-state index contributed by atoms with van der Waals surface area (Å²) in [6, 6.07) is 3.19. The molecular formula is C11H11Br3N2O4. The fourth-order valence-corrected chi connectivity index (χ4v) is 3.67. The molecule has 0 saturated heterocycles. The Morgan fingerprint density at radius 3 is 2.35 bits per heavy atom. The van der Waals surface area contributed by atoms with Gasteiger partial charge in [-0.1, -0.05) is 15.9 Å². The molecule has 0 spiro atoms. The summed E-state index contributed by atoms with van der Waals surface area (Å²) in [5.41, 5.74) is 0.595. The molecule has 0 saturated carbocycles. The lowest BCUT2D eigenvalue weighted by molar-refractivity contribution is -0.142. The standard InChI is InChI=1S/C11H11Br3N2O4/c12-6-3-7(13)10(8(14)4-6)16-11(19)15-1-2-20-5-9(17)18/h3-4H,1-2,5H2,(H,17,18)(H2,15,16,19). The summed E-state index contributed by atoms with van der Waals surface area (Å²) < 4.78 is 7.09. The zero-order valence-corrected chi connectivity index (χ0v) is 14.8. The first-order chi connectivity index (χ1) is 9.40. The smallest absolute Gasteiger partial charge is 0.329 e. The summed E-state index contributed by atoms with van der Waals surface area (Å²) >= 11 is 10.0. The molecule has 0 aliphatic carbocycles. The number of rotatable bonds is 6. The van der Waals surface area contributed by atoms with Crippen molar-refractivity contribution in [1.29, 1.82) is 0 Å². The lowest BCUT2D eigenvalue weighted by Gasteiger charge is -2.11. The second-order valence-electron chi connectivity index (χ2n) is 3.57. The van der Waals surface area contributed by atoms with E-state index < -0.39 is 12.0 Å². The summed E-state index contributed by atoms with van der Waals surface area (Å²) in [6.07, 6.45) is 0. The van der Waals surface area contributed by atoms with Crippen molar-refractivity contribution in [2.24, 2.45) is 0 Å². The van der Waals surface area contributed by atoms with E-state index in [0.29, 0.717) is 5.69 Å². The van der Waals surface area contributed by atoms with Gasteiger partial charge < -0.3 is 20.5 Å². The third kappa shape index (κ3) is 6.21. The van der Waals surface area contributed by atoms with Gasteiger partial charge in [0.25, 0.3) is 0 Å². The molecule has 6 nitrogen and oxygen atoms in total. The molecule has 1 aromatic carbocycles. The molecular weight excluding hydrogens is 464 g/mol. The number of ether oxygens (including phenoxy) is 1. The monoisotopic (exact) mass is 472 g/mol. The number of hydrogen-bond donors (Lipinski definition) is 3. The number of carboxylic acids is 1. The molecule has 0 aliphatic heterocycles. The van der Waals surface area contributed by atoms with Crippen molar-refractivity contribution in [2.75, 3.05) is 25.1 Å². The Balaban J connectivity index is 2.41. The lowest BCUT2D eigenvalue weighted by atomic mass is 10.3. The quantitative estimate of drug-likeness (QED) is 0.552. The van der Waals surface area contributed by atoms with Gasteiger partial charge in [-0.2, -0.15) is 0 Å². The van der Waals surface area contributed by atoms with Crippen molar-refractivity contribution in [1.82, 2.24) is 5.32 Å². The molecule has 20 heavy (non-hydrogen) atoms. The number of carbonyl (C=O) groups excluding carboxylic acids is 1. The minimum Gasteiger partial charge on any atom is -0.480 e. The van der Waals surface area contributed by atoms with E-state index in [-0.39, 0.29) is 19.8 Å². The second kappa shape index (κ2) is 8.60. The number of nitrogens with one attached hydrogen (secondary N) is 2. The molecule has 0 aliphatic rings. The molecule has 0 unspecified atom stereocenters. The third-order valence-corrected chi connectivity index (χ3v) is 3.71. The zero-order valence-electron chi connectivity index (χ0n) is 10.1. The first-order valence-corrected chi connectivity index (χ1v) is 7.77. The predicted octanol–water partition coefficient (Wildman–Crippen LogP) is 3.20. The van der Waals surface area contributed by atoms with Gasteiger partial charge >= 0.3 is 12.0 Å². The Morgan fingerprint density at radius 1 is 1.20 bits per heavy atom. The molecule has 0 aromatic heterocycles. The van der Waals surface area contributed by atoms with Crippen LogP contribution in [-0.4, -0.2) is 36.9 Å². The fraction of sp³-hybridized carbons (Fsp3) is 0.273. The maximum absolute atomic E-state index is 11.7. The average Bonchev–Trinajstić information content (AvgIpc) is 2.33. The van der Waals surface area contributed by atoms with Gasteiger partial charge in [0.2, 0.25) is 0 Å². The molecule has 0 atom stereocenters. The van der Waals surface area contributed by atoms with Gasteiger partial charge in [-0.05, 0) is 44.0 Å². The van der Waals surface area contributed by atoms with Crippen LogP contribution in [0.25, 0.3) is 0 Å². The minimum absolute atomic E-state index is 0.127. The van der Waals surface area contributed by atoms with Crippen LogP contribution in [0.4, 0.5) is 10.5 Å². The third-order valence-electron chi connectivity index (χ3n) is 2.00. The Kier molecular flexibility index (Phi) is 7.49. The van der Waals surface area contributed by atoms with E-state index in [1.165, 1.54) is 0 Å². The minimum atomic E-state index is -1.04. The van der Waals surface area contributed by atoms with Crippen molar-refractivity contribution in [3.05, 3.63) is 25.6 Å². The Morgan fingerprint density at radius 2 is 1.80 bits per heavy atom. The van der Waals surface area contributed by atoms with Crippen LogP contribution in [-0.2, 0) is 9.53 Å². The lowest BCUT2D eigenvalue weighted by Crippen LogP contribution is -2.32. The molecule has 0 bridgehead atoms. The van der Waals surface area contributed by atoms with Gasteiger partial charge in [0, 0.05) is 20.0 Å². The normalized spacial score (nSPS) is 10.2. The van der Waals surface area contributed by atoms with Gasteiger partial charge in [0.1, 0.15) is 6.61 Å². The number of anilines is 1. The number of aliphatic carboxylic acids is 1. The highest BCUT2D eigenvalue weighted by Gasteiger charge is 2.10. The maximum atomic E-state index is 11.7. The first kappa shape index (κ1) is 17.4. The van der Waals surface area contributed by atoms with Crippen molar-refractivity contribution in [2.45, 2.75) is 0 Å². The van der Waals surface area contributed by atoms with Gasteiger partial charge in [0.15, 0.2) is 0 Å². The highest BCUT2D eigenvalue weighted by Crippen LogP contribution is 2.34. The van der Waals surface area contributed by atoms with Crippen molar-refractivity contribution in [3.63, 3.8) is 0 Å². The highest BCUT2D eigenvalue weighted by molar-refractivity contribution is 9.11. The molecule has 3 N–H and O–H groups in total. The van der Waals surface area contributed by atoms with E-state index in [1.54, 1.807) is 12.1 Å². The Bertz CT molecular complexity index is 487. The van der Waals surface area contributed by atoms with Gasteiger partial charge in [-0.3, -0.25) is 0 Å². The van der Waals surface area contributed by atoms with Gasteiger partial charge in [0.05, 0.1) is 12.3 Å². The first-order valence-electron chi connectivity index (χ1n) is 5.39. The SMILES string of the molecule is O=C(O)COCCNC(=O)Nc1c(Br)cc(Br)cc1Br. The van der Waals surface area contributed by atoms with Crippen LogP contribution in [0, 0.1) is 0 Å². The summed E-state index contributed by atoms with van der Waals surface area (Å²) in [7, 11) is 0. The van der Waals surface area contributed by atoms with Gasteiger partial charge in [-0.25, -0.2) is 9.59 Å². The number of hydrogen-bond acceptors (Lipinski definition) is 3. The van der Waals surface area contributed by atoms with E-state index in [1.807, 2.05) is 0 Å². The molecule has 110 valence electrons. The van der Waals surface area contributed by atoms with Crippen LogP contribution in [0.2, 0.25) is 0 Å². The zero-order chi connectivity index (χ0) is 15.1. The van der Waals surface area contributed by atoms with Crippen LogP contribution in [0.3, 0.4) is 0 Å². The summed E-state index contributed by atoms with van der Waals surface area (Å²) in [5.74, 6) is -1.04. The van der Waals surface area contributed by atoms with Crippen LogP contribution in [0.5, 0.6) is 0 Å². The Hall–Kier alpha value is -0.640. The van der Waals surface area contributed by atoms with Gasteiger partial charge in [-0.15, -0.1) is 0 Å². The molecule has 1 rings (SSSR count). The highest BCUT2D eigenvalue weighted by atomic mass is 79.9. The van der Waals surface area contributed by atoms with E-state index in [4.69, 9.17) is 9.84 Å². The summed E-state index contributed by atoms with van der Waals surface area (Å²) in [6.45, 7) is -0.0413. The average molecular weight is 475 g/mol. The number of urea groups is 1. The number of carbonyl (C=O) groups is 2. The van der Waals surface area contributed by atoms with Crippen molar-refractivity contribution in [3.8, 4) is 0 Å². The number of amides is 2. The number of halogens is 3. The molecule has 0 radical (unpaired) electrons. The number of benzene rings is 1. The summed E-state index contributed by atoms with van der Waals surface area (Å²) in [5, 5.41) is 13.6. The topological polar surface area (TPSA) is 87.7 Å². The van der Waals surface area contributed by atoms with Crippen molar-refractivity contribution >= 4 is 65.5 Å². The number of carboxylic acid groups (broad SMARTS) is 1. The largest absolute Gasteiger partial charge is 0.480 e. The Labute approximate surface area is 140 Å². The molecule has 0 fully saturated rings. The fourth-order valence-electron chi connectivity index (χ4n) is 1.22. The van der Waals surface area contributed by atoms with E-state index in [9.17, 15) is 9.59 Å². The predicted molar refractivity (Wildman–Crippen MR) is 85.0 cm³/mol. The second-order valence-corrected chi connectivity index (χ2v) is 6.20. The summed E-state index contributed by atoms with van der Waals surface area (Å²) in [4.78, 5) is 21.9.